The van der Waals surface area contributed by atoms with Crippen LogP contribution in [0.25, 0.3) is 0 Å². The zero-order chi connectivity index (χ0) is 18.1. The van der Waals surface area contributed by atoms with Gasteiger partial charge in [-0.25, -0.2) is 4.79 Å². The molecule has 1 aromatic rings. The van der Waals surface area contributed by atoms with Crippen LogP contribution in [0, 0.1) is 12.8 Å². The van der Waals surface area contributed by atoms with Gasteiger partial charge in [-0.05, 0) is 18.1 Å². The van der Waals surface area contributed by atoms with Crippen molar-refractivity contribution >= 4 is 23.8 Å². The van der Waals surface area contributed by atoms with E-state index in [4.69, 9.17) is 0 Å². The number of carboxylic acid groups (broad SMARTS) is 1. The summed E-state index contributed by atoms with van der Waals surface area (Å²) in [6.07, 6.45) is 0. The molecule has 0 saturated carbocycles. The van der Waals surface area contributed by atoms with Crippen molar-refractivity contribution in [2.75, 3.05) is 26.2 Å². The van der Waals surface area contributed by atoms with E-state index in [0.29, 0.717) is 0 Å². The summed E-state index contributed by atoms with van der Waals surface area (Å²) in [6, 6.07) is 6.94. The van der Waals surface area contributed by atoms with E-state index < -0.39 is 23.8 Å². The fraction of sp³-hybridized carbons (Fsp3) is 0.412. The van der Waals surface area contributed by atoms with Gasteiger partial charge < -0.3 is 14.9 Å². The topological polar surface area (TPSA) is 107 Å². The van der Waals surface area contributed by atoms with E-state index in [1.54, 1.807) is 0 Å². The third kappa shape index (κ3) is 3.33. The number of amides is 4. The first-order valence-corrected chi connectivity index (χ1v) is 8.01. The standard InChI is InChI=1S/C17H19N3O5/c1-10-4-2-3-5-11(10)12-6-19(7-13(12)16(23)24)15(22)9-20-8-14(21)18-17(20)25/h2-5,12-13H,6-9H2,1H3,(H,23,24)(H,18,21,25)/t12-,13+/m0/s1. The van der Waals surface area contributed by atoms with Crippen LogP contribution in [0.4, 0.5) is 4.79 Å². The van der Waals surface area contributed by atoms with E-state index in [-0.39, 0.29) is 38.0 Å². The number of nitrogens with zero attached hydrogens (tertiary/aromatic N) is 2. The molecule has 4 amide bonds. The Morgan fingerprint density at radius 3 is 2.56 bits per heavy atom. The van der Waals surface area contributed by atoms with E-state index in [0.717, 1.165) is 16.0 Å². The van der Waals surface area contributed by atoms with Gasteiger partial charge in [-0.3, -0.25) is 19.7 Å². The second kappa shape index (κ2) is 6.54. The van der Waals surface area contributed by atoms with Crippen molar-refractivity contribution in [3.05, 3.63) is 35.4 Å². The molecule has 0 spiro atoms. The van der Waals surface area contributed by atoms with Crippen molar-refractivity contribution in [1.29, 1.82) is 0 Å². The summed E-state index contributed by atoms with van der Waals surface area (Å²) in [5.41, 5.74) is 1.90. The fourth-order valence-corrected chi connectivity index (χ4v) is 3.45. The molecule has 8 nitrogen and oxygen atoms in total. The Bertz CT molecular complexity index is 748. The summed E-state index contributed by atoms with van der Waals surface area (Å²) in [5, 5.41) is 11.7. The van der Waals surface area contributed by atoms with Crippen LogP contribution in [0.2, 0.25) is 0 Å². The largest absolute Gasteiger partial charge is 0.481 e. The fourth-order valence-electron chi connectivity index (χ4n) is 3.45. The Kier molecular flexibility index (Phi) is 4.43. The number of aryl methyl sites for hydroxylation is 1. The number of nitrogens with one attached hydrogen (secondary N) is 1. The highest BCUT2D eigenvalue weighted by Crippen LogP contribution is 2.34. The van der Waals surface area contributed by atoms with Gasteiger partial charge in [0, 0.05) is 19.0 Å². The zero-order valence-corrected chi connectivity index (χ0v) is 13.8. The summed E-state index contributed by atoms with van der Waals surface area (Å²) < 4.78 is 0. The molecular weight excluding hydrogens is 326 g/mol. The number of urea groups is 1. The van der Waals surface area contributed by atoms with E-state index >= 15 is 0 Å². The SMILES string of the molecule is Cc1ccccc1[C@@H]1CN(C(=O)CN2CC(=O)NC2=O)C[C@H]1C(=O)O. The van der Waals surface area contributed by atoms with Crippen LogP contribution < -0.4 is 5.32 Å². The van der Waals surface area contributed by atoms with Crippen LogP contribution in [0.5, 0.6) is 0 Å². The molecule has 3 rings (SSSR count). The maximum atomic E-state index is 12.5. The average molecular weight is 345 g/mol. The van der Waals surface area contributed by atoms with Gasteiger partial charge in [0.25, 0.3) is 0 Å². The molecule has 0 bridgehead atoms. The van der Waals surface area contributed by atoms with Gasteiger partial charge in [-0.1, -0.05) is 24.3 Å². The van der Waals surface area contributed by atoms with Crippen LogP contribution >= 0.6 is 0 Å². The van der Waals surface area contributed by atoms with Crippen molar-refractivity contribution in [3.63, 3.8) is 0 Å². The predicted octanol–water partition coefficient (Wildman–Crippen LogP) is 0.173. The molecule has 2 aliphatic heterocycles. The van der Waals surface area contributed by atoms with Crippen molar-refractivity contribution in [3.8, 4) is 0 Å². The van der Waals surface area contributed by atoms with Gasteiger partial charge in [-0.2, -0.15) is 0 Å². The molecule has 2 heterocycles. The minimum atomic E-state index is -0.947. The molecule has 2 aliphatic rings. The molecule has 2 saturated heterocycles. The van der Waals surface area contributed by atoms with Crippen molar-refractivity contribution in [1.82, 2.24) is 15.1 Å². The number of likely N-dealkylation sites (tertiary alicyclic amines) is 1. The predicted molar refractivity (Wildman–Crippen MR) is 86.7 cm³/mol. The molecule has 2 fully saturated rings. The lowest BCUT2D eigenvalue weighted by molar-refractivity contribution is -0.141. The van der Waals surface area contributed by atoms with E-state index in [1.807, 2.05) is 31.2 Å². The van der Waals surface area contributed by atoms with Gasteiger partial charge >= 0.3 is 12.0 Å². The zero-order valence-electron chi connectivity index (χ0n) is 13.8. The maximum Gasteiger partial charge on any atom is 0.325 e. The van der Waals surface area contributed by atoms with Crippen LogP contribution in [0.15, 0.2) is 24.3 Å². The lowest BCUT2D eigenvalue weighted by Gasteiger charge is -2.20. The number of carbonyl (C=O) groups is 4. The third-order valence-electron chi connectivity index (χ3n) is 4.77. The smallest absolute Gasteiger partial charge is 0.325 e. The summed E-state index contributed by atoms with van der Waals surface area (Å²) in [5.74, 6) is -2.74. The first-order valence-electron chi connectivity index (χ1n) is 8.01. The molecule has 0 radical (unpaired) electrons. The number of hydrogen-bond donors (Lipinski definition) is 2. The molecule has 132 valence electrons. The van der Waals surface area contributed by atoms with Gasteiger partial charge in [0.2, 0.25) is 11.8 Å². The van der Waals surface area contributed by atoms with Gasteiger partial charge in [-0.15, -0.1) is 0 Å². The number of hydrogen-bond acceptors (Lipinski definition) is 4. The van der Waals surface area contributed by atoms with Gasteiger partial charge in [0.15, 0.2) is 0 Å². The first kappa shape index (κ1) is 16.9. The Morgan fingerprint density at radius 1 is 1.24 bits per heavy atom. The summed E-state index contributed by atoms with van der Waals surface area (Å²) in [4.78, 5) is 49.5. The van der Waals surface area contributed by atoms with Crippen LogP contribution in [-0.2, 0) is 14.4 Å². The highest BCUT2D eigenvalue weighted by atomic mass is 16.4. The quantitative estimate of drug-likeness (QED) is 0.757. The Balaban J connectivity index is 1.75. The number of imide groups is 1. The van der Waals surface area contributed by atoms with Crippen LogP contribution in [-0.4, -0.2) is 64.9 Å². The normalized spacial score (nSPS) is 23.1. The van der Waals surface area contributed by atoms with E-state index in [1.165, 1.54) is 4.90 Å². The second-order valence-corrected chi connectivity index (χ2v) is 6.42. The number of benzene rings is 1. The van der Waals surface area contributed by atoms with Gasteiger partial charge in [0.1, 0.15) is 13.1 Å². The molecule has 0 aromatic heterocycles. The van der Waals surface area contributed by atoms with Crippen LogP contribution in [0.1, 0.15) is 17.0 Å². The second-order valence-electron chi connectivity index (χ2n) is 6.42. The van der Waals surface area contributed by atoms with Crippen LogP contribution in [0.3, 0.4) is 0 Å². The number of carbonyl (C=O) groups excluding carboxylic acids is 3. The lowest BCUT2D eigenvalue weighted by Crippen LogP contribution is -2.41. The minimum Gasteiger partial charge on any atom is -0.481 e. The molecule has 2 N–H and O–H groups in total. The Labute approximate surface area is 144 Å². The van der Waals surface area contributed by atoms with Gasteiger partial charge in [0.05, 0.1) is 5.92 Å². The van der Waals surface area contributed by atoms with Crippen molar-refractivity contribution < 1.29 is 24.3 Å². The number of aliphatic carboxylic acids is 1. The lowest BCUT2D eigenvalue weighted by atomic mass is 9.86. The highest BCUT2D eigenvalue weighted by molar-refractivity contribution is 6.03. The molecule has 0 aliphatic carbocycles. The molecule has 25 heavy (non-hydrogen) atoms. The van der Waals surface area contributed by atoms with Crippen molar-refractivity contribution in [2.24, 2.45) is 5.92 Å². The first-order chi connectivity index (χ1) is 11.9. The summed E-state index contributed by atoms with van der Waals surface area (Å²) in [6.45, 7) is 1.91. The van der Waals surface area contributed by atoms with E-state index in [2.05, 4.69) is 5.32 Å². The highest BCUT2D eigenvalue weighted by Gasteiger charge is 2.41. The summed E-state index contributed by atoms with van der Waals surface area (Å²) >= 11 is 0. The Hall–Kier alpha value is -2.90. The minimum absolute atomic E-state index is 0.0938. The van der Waals surface area contributed by atoms with Crippen molar-refractivity contribution in [2.45, 2.75) is 12.8 Å². The number of rotatable bonds is 4. The maximum absolute atomic E-state index is 12.5. The number of carboxylic acids is 1. The van der Waals surface area contributed by atoms with E-state index in [9.17, 15) is 24.3 Å². The molecule has 1 aromatic carbocycles. The average Bonchev–Trinajstić information content (AvgIpc) is 3.12. The molecular formula is C17H19N3O5. The Morgan fingerprint density at radius 2 is 1.96 bits per heavy atom. The molecule has 8 heteroatoms. The monoisotopic (exact) mass is 345 g/mol. The third-order valence-corrected chi connectivity index (χ3v) is 4.77. The molecule has 0 unspecified atom stereocenters. The summed E-state index contributed by atoms with van der Waals surface area (Å²) in [7, 11) is 0. The molecule has 2 atom stereocenters.